The zero-order chi connectivity index (χ0) is 26.4. The summed E-state index contributed by atoms with van der Waals surface area (Å²) in [6, 6.07) is 9.34. The van der Waals surface area contributed by atoms with Gasteiger partial charge in [-0.05, 0) is 101 Å². The van der Waals surface area contributed by atoms with Crippen molar-refractivity contribution in [3.63, 3.8) is 0 Å². The maximum atomic E-state index is 13.5. The molecule has 2 N–H and O–H groups in total. The summed E-state index contributed by atoms with van der Waals surface area (Å²) >= 11 is 0. The molecule has 6 heteroatoms. The molecule has 1 amide bonds. The third kappa shape index (κ3) is 6.18. The zero-order valence-electron chi connectivity index (χ0n) is 23.1. The number of aromatic nitrogens is 1. The van der Waals surface area contributed by atoms with E-state index in [1.807, 2.05) is 25.1 Å². The van der Waals surface area contributed by atoms with Gasteiger partial charge in [-0.15, -0.1) is 0 Å². The molecular formula is C31H44N4O2. The number of aromatic amines is 1. The van der Waals surface area contributed by atoms with Crippen LogP contribution < -0.4 is 15.8 Å². The van der Waals surface area contributed by atoms with Crippen LogP contribution >= 0.6 is 0 Å². The molecule has 0 saturated heterocycles. The molecule has 1 aliphatic carbocycles. The second kappa shape index (κ2) is 12.6. The van der Waals surface area contributed by atoms with Crippen molar-refractivity contribution in [2.24, 2.45) is 0 Å². The number of pyridine rings is 1. The fourth-order valence-corrected chi connectivity index (χ4v) is 6.39. The number of aryl methyl sites for hydroxylation is 2. The minimum absolute atomic E-state index is 0.109. The Balaban J connectivity index is 1.61. The summed E-state index contributed by atoms with van der Waals surface area (Å²) in [5.41, 5.74) is 5.39. The van der Waals surface area contributed by atoms with Crippen molar-refractivity contribution in [2.75, 3.05) is 24.5 Å². The van der Waals surface area contributed by atoms with Crippen LogP contribution in [0.25, 0.3) is 0 Å². The number of H-pyrrole nitrogens is 1. The van der Waals surface area contributed by atoms with Crippen molar-refractivity contribution in [2.45, 2.75) is 91.3 Å². The van der Waals surface area contributed by atoms with E-state index in [4.69, 9.17) is 0 Å². The van der Waals surface area contributed by atoms with Crippen molar-refractivity contribution in [1.82, 2.24) is 15.2 Å². The number of carbonyl (C=O) groups excluding carboxylic acids is 1. The zero-order valence-corrected chi connectivity index (χ0v) is 23.1. The summed E-state index contributed by atoms with van der Waals surface area (Å²) in [5.74, 6) is -0.113. The molecule has 2 aromatic rings. The van der Waals surface area contributed by atoms with E-state index in [9.17, 15) is 9.59 Å². The summed E-state index contributed by atoms with van der Waals surface area (Å²) in [7, 11) is 0. The number of nitrogens with one attached hydrogen (secondary N) is 2. The van der Waals surface area contributed by atoms with E-state index in [-0.39, 0.29) is 18.0 Å². The molecule has 1 saturated carbocycles. The van der Waals surface area contributed by atoms with Crippen LogP contribution in [-0.4, -0.2) is 47.5 Å². The Kier molecular flexibility index (Phi) is 9.25. The smallest absolute Gasteiger partial charge is 0.253 e. The van der Waals surface area contributed by atoms with Gasteiger partial charge >= 0.3 is 0 Å². The first-order valence-electron chi connectivity index (χ1n) is 14.2. The first-order chi connectivity index (χ1) is 18.0. The molecule has 2 aliphatic rings. The Labute approximate surface area is 222 Å². The maximum absolute atomic E-state index is 13.5. The third-order valence-corrected chi connectivity index (χ3v) is 8.34. The molecule has 200 valence electrons. The van der Waals surface area contributed by atoms with Gasteiger partial charge in [0, 0.05) is 47.7 Å². The summed E-state index contributed by atoms with van der Waals surface area (Å²) in [4.78, 5) is 34.2. The Morgan fingerprint density at radius 1 is 0.919 bits per heavy atom. The average molecular weight is 505 g/mol. The quantitative estimate of drug-likeness (QED) is 0.535. The molecule has 0 atom stereocenters. The van der Waals surface area contributed by atoms with Crippen LogP contribution in [0.1, 0.15) is 85.6 Å². The highest BCUT2D eigenvalue weighted by molar-refractivity contribution is 5.97. The highest BCUT2D eigenvalue weighted by Crippen LogP contribution is 2.33. The highest BCUT2D eigenvalue weighted by Gasteiger charge is 2.29. The van der Waals surface area contributed by atoms with E-state index in [0.717, 1.165) is 55.7 Å². The molecule has 6 nitrogen and oxygen atoms in total. The molecule has 0 bridgehead atoms. The molecule has 0 radical (unpaired) electrons. The predicted octanol–water partition coefficient (Wildman–Crippen LogP) is 5.14. The molecule has 0 spiro atoms. The molecule has 1 aromatic carbocycles. The minimum atomic E-state index is -0.113. The SMILES string of the molecule is CCN(CC)[C@H]1CC[C@H](N(CC)c2cccc3c2CC=CCCc2cc(C)[nH]c(=O)c2CNC3=O)CC1. The van der Waals surface area contributed by atoms with Crippen LogP contribution in [-0.2, 0) is 19.4 Å². The number of anilines is 1. The van der Waals surface area contributed by atoms with Crippen LogP contribution in [0, 0.1) is 6.92 Å². The van der Waals surface area contributed by atoms with E-state index in [0.29, 0.717) is 23.2 Å². The van der Waals surface area contributed by atoms with E-state index >= 15 is 0 Å². The van der Waals surface area contributed by atoms with Gasteiger partial charge in [-0.3, -0.25) is 9.59 Å². The Hall–Kier alpha value is -2.86. The molecule has 1 fully saturated rings. The second-order valence-corrected chi connectivity index (χ2v) is 10.5. The largest absolute Gasteiger partial charge is 0.369 e. The molecule has 1 aliphatic heterocycles. The van der Waals surface area contributed by atoms with Crippen molar-refractivity contribution in [3.8, 4) is 0 Å². The van der Waals surface area contributed by atoms with Crippen LogP contribution in [0.15, 0.2) is 41.2 Å². The second-order valence-electron chi connectivity index (χ2n) is 10.5. The van der Waals surface area contributed by atoms with Gasteiger partial charge < -0.3 is 20.1 Å². The Bertz CT molecular complexity index is 1160. The molecular weight excluding hydrogens is 460 g/mol. The monoisotopic (exact) mass is 504 g/mol. The van der Waals surface area contributed by atoms with Crippen molar-refractivity contribution in [1.29, 1.82) is 0 Å². The fourth-order valence-electron chi connectivity index (χ4n) is 6.39. The fraction of sp³-hybridized carbons (Fsp3) is 0.548. The van der Waals surface area contributed by atoms with Gasteiger partial charge in [0.15, 0.2) is 0 Å². The lowest BCUT2D eigenvalue weighted by Gasteiger charge is -2.41. The molecule has 1 aromatic heterocycles. The lowest BCUT2D eigenvalue weighted by atomic mass is 9.88. The summed E-state index contributed by atoms with van der Waals surface area (Å²) in [6.45, 7) is 12.1. The van der Waals surface area contributed by atoms with E-state index < -0.39 is 0 Å². The number of rotatable bonds is 6. The van der Waals surface area contributed by atoms with Crippen LogP contribution in [0.4, 0.5) is 5.69 Å². The number of fused-ring (bicyclic) bond motifs is 2. The van der Waals surface area contributed by atoms with Gasteiger partial charge in [-0.25, -0.2) is 0 Å². The van der Waals surface area contributed by atoms with Crippen LogP contribution in [0.5, 0.6) is 0 Å². The lowest BCUT2D eigenvalue weighted by molar-refractivity contribution is 0.0950. The standard InChI is InChI=1S/C31H44N4O2/c1-5-34(6-2)24-16-18-25(19-17-24)35(7-3)29-15-11-14-27-26(29)13-10-8-9-12-23-20-22(4)33-31(37)28(23)21-32-30(27)36/h8,10-11,14-15,20,24-25H,5-7,9,12-13,16-19,21H2,1-4H3,(H,32,36)(H,33,37)/t24-,25-. The number of hydrogen-bond donors (Lipinski definition) is 2. The number of hydrogen-bond acceptors (Lipinski definition) is 4. The Morgan fingerprint density at radius 3 is 2.35 bits per heavy atom. The van der Waals surface area contributed by atoms with Gasteiger partial charge in [-0.2, -0.15) is 0 Å². The summed E-state index contributed by atoms with van der Waals surface area (Å²) in [6.07, 6.45) is 11.6. The highest BCUT2D eigenvalue weighted by atomic mass is 16.1. The van der Waals surface area contributed by atoms with Crippen molar-refractivity contribution in [3.05, 3.63) is 74.7 Å². The van der Waals surface area contributed by atoms with Crippen LogP contribution in [0.2, 0.25) is 0 Å². The molecule has 37 heavy (non-hydrogen) atoms. The van der Waals surface area contributed by atoms with Gasteiger partial charge in [0.2, 0.25) is 0 Å². The molecule has 2 heterocycles. The number of allylic oxidation sites excluding steroid dienone is 2. The number of amides is 1. The van der Waals surface area contributed by atoms with Crippen LogP contribution in [0.3, 0.4) is 0 Å². The number of carbonyl (C=O) groups is 1. The van der Waals surface area contributed by atoms with Gasteiger partial charge in [0.1, 0.15) is 0 Å². The van der Waals surface area contributed by atoms with E-state index in [2.05, 4.69) is 59.1 Å². The lowest BCUT2D eigenvalue weighted by Crippen LogP contribution is -2.44. The Morgan fingerprint density at radius 2 is 1.65 bits per heavy atom. The minimum Gasteiger partial charge on any atom is -0.369 e. The summed E-state index contributed by atoms with van der Waals surface area (Å²) in [5, 5.41) is 3.06. The van der Waals surface area contributed by atoms with E-state index in [1.165, 1.54) is 31.4 Å². The summed E-state index contributed by atoms with van der Waals surface area (Å²) < 4.78 is 0. The number of nitrogens with zero attached hydrogens (tertiary/aromatic N) is 2. The normalized spacial score (nSPS) is 20.4. The third-order valence-electron chi connectivity index (χ3n) is 8.34. The van der Waals surface area contributed by atoms with E-state index in [1.54, 1.807) is 0 Å². The molecule has 4 rings (SSSR count). The predicted molar refractivity (Wildman–Crippen MR) is 153 cm³/mol. The average Bonchev–Trinajstić information content (AvgIpc) is 2.89. The van der Waals surface area contributed by atoms with Crippen molar-refractivity contribution >= 4 is 11.6 Å². The van der Waals surface area contributed by atoms with Gasteiger partial charge in [-0.1, -0.05) is 32.1 Å². The van der Waals surface area contributed by atoms with Crippen molar-refractivity contribution < 1.29 is 4.79 Å². The maximum Gasteiger partial charge on any atom is 0.253 e. The first kappa shape index (κ1) is 27.2. The molecule has 0 unspecified atom stereocenters. The first-order valence-corrected chi connectivity index (χ1v) is 14.2. The number of benzene rings is 1. The van der Waals surface area contributed by atoms with Gasteiger partial charge in [0.05, 0.1) is 0 Å². The topological polar surface area (TPSA) is 68.4 Å². The van der Waals surface area contributed by atoms with Gasteiger partial charge in [0.25, 0.3) is 11.5 Å².